The highest BCUT2D eigenvalue weighted by Gasteiger charge is 2.43. The third-order valence-corrected chi connectivity index (χ3v) is 7.86. The van der Waals surface area contributed by atoms with Gasteiger partial charge in [-0.25, -0.2) is 0 Å². The van der Waals surface area contributed by atoms with Gasteiger partial charge in [-0.05, 0) is 56.8 Å². The molecule has 0 aromatic carbocycles. The van der Waals surface area contributed by atoms with Crippen molar-refractivity contribution in [1.82, 2.24) is 19.7 Å². The van der Waals surface area contributed by atoms with Crippen LogP contribution in [0, 0.1) is 17.8 Å². The van der Waals surface area contributed by atoms with Crippen molar-refractivity contribution in [1.29, 1.82) is 0 Å². The zero-order valence-corrected chi connectivity index (χ0v) is 16.6. The largest absolute Gasteiger partial charge is 0.332 e. The second-order valence-electron chi connectivity index (χ2n) is 9.37. The van der Waals surface area contributed by atoms with Crippen LogP contribution in [0.25, 0.3) is 0 Å². The van der Waals surface area contributed by atoms with E-state index in [1.807, 2.05) is 0 Å². The molecule has 0 spiro atoms. The van der Waals surface area contributed by atoms with Crippen molar-refractivity contribution >= 4 is 5.91 Å². The van der Waals surface area contributed by atoms with E-state index in [9.17, 15) is 4.79 Å². The van der Waals surface area contributed by atoms with Crippen LogP contribution in [0.5, 0.6) is 0 Å². The van der Waals surface area contributed by atoms with Crippen molar-refractivity contribution in [2.24, 2.45) is 17.8 Å². The second kappa shape index (κ2) is 7.56. The molecule has 4 unspecified atom stereocenters. The lowest BCUT2D eigenvalue weighted by Gasteiger charge is -2.44. The Morgan fingerprint density at radius 2 is 1.63 bits per heavy atom. The molecule has 4 aliphatic rings. The molecule has 3 fully saturated rings. The second-order valence-corrected chi connectivity index (χ2v) is 9.37. The summed E-state index contributed by atoms with van der Waals surface area (Å²) in [5.74, 6) is 4.39. The fourth-order valence-electron chi connectivity index (χ4n) is 6.50. The first kappa shape index (κ1) is 17.7. The highest BCUT2D eigenvalue weighted by Crippen LogP contribution is 2.45. The maximum absolute atomic E-state index is 13.8. The Morgan fingerprint density at radius 1 is 0.815 bits per heavy atom. The lowest BCUT2D eigenvalue weighted by Crippen LogP contribution is -2.47. The van der Waals surface area contributed by atoms with Crippen LogP contribution in [-0.4, -0.2) is 32.1 Å². The van der Waals surface area contributed by atoms with E-state index in [0.29, 0.717) is 11.8 Å². The van der Waals surface area contributed by atoms with Crippen molar-refractivity contribution in [2.45, 2.75) is 96.1 Å². The third-order valence-electron chi connectivity index (χ3n) is 7.86. The Bertz CT molecular complexity index is 682. The minimum Gasteiger partial charge on any atom is -0.332 e. The summed E-state index contributed by atoms with van der Waals surface area (Å²) in [6, 6.07) is 0.162. The molecule has 5 heteroatoms. The summed E-state index contributed by atoms with van der Waals surface area (Å²) in [6.07, 6.45) is 15.9. The van der Waals surface area contributed by atoms with E-state index in [1.165, 1.54) is 57.8 Å². The van der Waals surface area contributed by atoms with Gasteiger partial charge in [0, 0.05) is 25.4 Å². The molecule has 5 nitrogen and oxygen atoms in total. The Morgan fingerprint density at radius 3 is 2.59 bits per heavy atom. The molecule has 2 saturated carbocycles. The number of rotatable bonds is 2. The zero-order chi connectivity index (χ0) is 18.2. The van der Waals surface area contributed by atoms with E-state index in [4.69, 9.17) is 0 Å². The molecule has 4 atom stereocenters. The van der Waals surface area contributed by atoms with E-state index < -0.39 is 0 Å². The number of carbonyl (C=O) groups excluding carboxylic acids is 1. The summed E-state index contributed by atoms with van der Waals surface area (Å²) in [5.41, 5.74) is 0. The number of hydrogen-bond acceptors (Lipinski definition) is 3. The molecule has 148 valence electrons. The van der Waals surface area contributed by atoms with Gasteiger partial charge in [-0.15, -0.1) is 10.2 Å². The van der Waals surface area contributed by atoms with Gasteiger partial charge < -0.3 is 9.47 Å². The predicted octanol–water partition coefficient (Wildman–Crippen LogP) is 4.27. The summed E-state index contributed by atoms with van der Waals surface area (Å²) < 4.78 is 2.34. The first-order valence-corrected chi connectivity index (χ1v) is 11.6. The molecular weight excluding hydrogens is 336 g/mol. The summed E-state index contributed by atoms with van der Waals surface area (Å²) >= 11 is 0. The molecule has 0 bridgehead atoms. The van der Waals surface area contributed by atoms with Crippen LogP contribution in [0.2, 0.25) is 0 Å². The number of nitrogens with zero attached hydrogens (tertiary/aromatic N) is 4. The number of aromatic nitrogens is 3. The van der Waals surface area contributed by atoms with Gasteiger partial charge in [0.15, 0.2) is 5.82 Å². The average Bonchev–Trinajstić information content (AvgIpc) is 3.17. The predicted molar refractivity (Wildman–Crippen MR) is 104 cm³/mol. The first-order valence-electron chi connectivity index (χ1n) is 11.6. The normalized spacial score (nSPS) is 34.0. The standard InChI is InChI=1S/C22H34N4O/c27-22(18-11-7-9-16-8-1-2-10-17(16)18)25-14-5-3-12-19(25)21-24-23-20-13-4-6-15-26(20)21/h16-19H,1-15H2. The number of aryl methyl sites for hydroxylation is 1. The number of carbonyl (C=O) groups is 1. The maximum Gasteiger partial charge on any atom is 0.226 e. The number of hydrogen-bond donors (Lipinski definition) is 0. The summed E-state index contributed by atoms with van der Waals surface area (Å²) in [6.45, 7) is 1.95. The van der Waals surface area contributed by atoms with Crippen LogP contribution >= 0.6 is 0 Å². The van der Waals surface area contributed by atoms with Gasteiger partial charge in [-0.3, -0.25) is 4.79 Å². The molecule has 1 aromatic heterocycles. The van der Waals surface area contributed by atoms with Crippen molar-refractivity contribution in [3.8, 4) is 0 Å². The molecular formula is C22H34N4O. The van der Waals surface area contributed by atoms with E-state index in [1.54, 1.807) is 0 Å². The molecule has 2 aliphatic carbocycles. The van der Waals surface area contributed by atoms with Gasteiger partial charge in [-0.1, -0.05) is 32.1 Å². The van der Waals surface area contributed by atoms with Gasteiger partial charge in [0.1, 0.15) is 5.82 Å². The van der Waals surface area contributed by atoms with Crippen LogP contribution in [-0.2, 0) is 17.8 Å². The van der Waals surface area contributed by atoms with E-state index in [0.717, 1.165) is 56.3 Å². The Kier molecular flexibility index (Phi) is 4.95. The third kappa shape index (κ3) is 3.21. The Balaban J connectivity index is 1.40. The van der Waals surface area contributed by atoms with Gasteiger partial charge in [-0.2, -0.15) is 0 Å². The van der Waals surface area contributed by atoms with Crippen LogP contribution in [0.1, 0.15) is 94.7 Å². The summed E-state index contributed by atoms with van der Waals surface area (Å²) in [4.78, 5) is 16.0. The van der Waals surface area contributed by atoms with Crippen LogP contribution < -0.4 is 0 Å². The number of likely N-dealkylation sites (tertiary alicyclic amines) is 1. The number of amides is 1. The summed E-state index contributed by atoms with van der Waals surface area (Å²) in [7, 11) is 0. The minimum absolute atomic E-state index is 0.162. The monoisotopic (exact) mass is 370 g/mol. The molecule has 27 heavy (non-hydrogen) atoms. The molecule has 3 heterocycles. The van der Waals surface area contributed by atoms with Gasteiger partial charge in [0.25, 0.3) is 0 Å². The maximum atomic E-state index is 13.8. The smallest absolute Gasteiger partial charge is 0.226 e. The Hall–Kier alpha value is -1.39. The average molecular weight is 371 g/mol. The molecule has 1 aromatic rings. The van der Waals surface area contributed by atoms with Gasteiger partial charge in [0.05, 0.1) is 6.04 Å². The van der Waals surface area contributed by atoms with Gasteiger partial charge >= 0.3 is 0 Å². The minimum atomic E-state index is 0.162. The Labute approximate surface area is 162 Å². The lowest BCUT2D eigenvalue weighted by atomic mass is 9.65. The van der Waals surface area contributed by atoms with Crippen molar-refractivity contribution < 1.29 is 4.79 Å². The van der Waals surface area contributed by atoms with Crippen molar-refractivity contribution in [2.75, 3.05) is 6.54 Å². The highest BCUT2D eigenvalue weighted by molar-refractivity contribution is 5.80. The van der Waals surface area contributed by atoms with Crippen LogP contribution in [0.4, 0.5) is 0 Å². The van der Waals surface area contributed by atoms with Crippen molar-refractivity contribution in [3.63, 3.8) is 0 Å². The molecule has 0 radical (unpaired) electrons. The highest BCUT2D eigenvalue weighted by atomic mass is 16.2. The quantitative estimate of drug-likeness (QED) is 0.781. The van der Waals surface area contributed by atoms with Crippen LogP contribution in [0.3, 0.4) is 0 Å². The van der Waals surface area contributed by atoms with E-state index in [-0.39, 0.29) is 12.0 Å². The molecule has 2 aliphatic heterocycles. The first-order chi connectivity index (χ1) is 13.3. The van der Waals surface area contributed by atoms with Gasteiger partial charge in [0.2, 0.25) is 5.91 Å². The van der Waals surface area contributed by atoms with E-state index >= 15 is 0 Å². The number of piperidine rings is 1. The molecule has 0 N–H and O–H groups in total. The van der Waals surface area contributed by atoms with E-state index in [2.05, 4.69) is 19.7 Å². The fourth-order valence-corrected chi connectivity index (χ4v) is 6.50. The van der Waals surface area contributed by atoms with Crippen molar-refractivity contribution in [3.05, 3.63) is 11.6 Å². The molecule has 1 amide bonds. The molecule has 5 rings (SSSR count). The topological polar surface area (TPSA) is 51.0 Å². The van der Waals surface area contributed by atoms with Crippen LogP contribution in [0.15, 0.2) is 0 Å². The zero-order valence-electron chi connectivity index (χ0n) is 16.6. The summed E-state index contributed by atoms with van der Waals surface area (Å²) in [5, 5.41) is 9.08. The number of fused-ring (bicyclic) bond motifs is 2. The SMILES string of the molecule is O=C(C1CCCC2CCCCC21)N1CCCCC1c1nnc2n1CCCC2. The molecule has 1 saturated heterocycles. The fraction of sp³-hybridized carbons (Fsp3) is 0.864. The lowest BCUT2D eigenvalue weighted by molar-refractivity contribution is -0.144.